The van der Waals surface area contributed by atoms with Crippen LogP contribution in [0.3, 0.4) is 0 Å². The molecule has 4 nitrogen and oxygen atoms in total. The SMILES string of the molecule is [2H]C([2H])([2H])c1ccc2c(c1)oc1c(-c3cc(-c4ccc(C5([2H])CC(C)(C)C(C)(C)C(C)(C)C5)cc4C)c(C)cn3)cc(Oc3cc(-c4cc(C([2H])([2H])[2H])c(C([2H])([2H])[2H])cn4)cc(-c4ccccc4)c3C([2H])([2H])[2H])cc12. The summed E-state index contributed by atoms with van der Waals surface area (Å²) in [5.74, 6) is -0.748. The smallest absolute Gasteiger partial charge is 0.145 e. The molecule has 4 heteroatoms. The molecule has 314 valence electrons. The molecule has 8 aromatic rings. The van der Waals surface area contributed by atoms with Crippen molar-refractivity contribution in [3.63, 3.8) is 0 Å². The lowest BCUT2D eigenvalue weighted by Crippen LogP contribution is -2.49. The van der Waals surface area contributed by atoms with Crippen LogP contribution in [0.5, 0.6) is 11.5 Å². The van der Waals surface area contributed by atoms with E-state index in [0.29, 0.717) is 51.6 Å². The van der Waals surface area contributed by atoms with Gasteiger partial charge in [0, 0.05) is 52.1 Å². The van der Waals surface area contributed by atoms with Gasteiger partial charge in [-0.2, -0.15) is 0 Å². The first-order valence-electron chi connectivity index (χ1n) is 27.6. The van der Waals surface area contributed by atoms with Crippen LogP contribution in [0.2, 0.25) is 0 Å². The molecular weight excluding hydrogens is 757 g/mol. The minimum absolute atomic E-state index is 0.00427. The minimum atomic E-state index is -2.83. The quantitative estimate of drug-likeness (QED) is 0.161. The molecule has 0 amide bonds. The molecule has 0 bridgehead atoms. The van der Waals surface area contributed by atoms with Crippen LogP contribution in [0.25, 0.3) is 66.7 Å². The van der Waals surface area contributed by atoms with E-state index in [-0.39, 0.29) is 55.7 Å². The first kappa shape index (κ1) is 28.6. The van der Waals surface area contributed by atoms with E-state index in [1.807, 2.05) is 13.0 Å². The van der Waals surface area contributed by atoms with Crippen molar-refractivity contribution in [1.29, 1.82) is 0 Å². The molecule has 1 saturated carbocycles. The van der Waals surface area contributed by atoms with Crippen molar-refractivity contribution < 1.29 is 27.0 Å². The summed E-state index contributed by atoms with van der Waals surface area (Å²) in [6.07, 6.45) is 4.21. The second-order valence-corrected chi connectivity index (χ2v) is 18.9. The van der Waals surface area contributed by atoms with E-state index in [4.69, 9.17) is 30.6 Å². The Morgan fingerprint density at radius 3 is 2.10 bits per heavy atom. The Kier molecular flexibility index (Phi) is 6.97. The van der Waals surface area contributed by atoms with Gasteiger partial charge >= 0.3 is 0 Å². The highest BCUT2D eigenvalue weighted by atomic mass is 16.5. The molecule has 62 heavy (non-hydrogen) atoms. The maximum Gasteiger partial charge on any atom is 0.145 e. The maximum atomic E-state index is 9.96. The normalized spacial score (nSPS) is 20.4. The van der Waals surface area contributed by atoms with E-state index >= 15 is 0 Å². The van der Waals surface area contributed by atoms with Crippen molar-refractivity contribution >= 4 is 21.9 Å². The van der Waals surface area contributed by atoms with Crippen LogP contribution in [0, 0.1) is 57.5 Å². The van der Waals surface area contributed by atoms with Crippen molar-refractivity contribution in [3.05, 3.63) is 154 Å². The molecule has 0 N–H and O–H groups in total. The highest BCUT2D eigenvalue weighted by Gasteiger charge is 2.53. The third kappa shape index (κ3) is 7.12. The third-order valence-electron chi connectivity index (χ3n) is 14.2. The number of fused-ring (bicyclic) bond motifs is 3. The fourth-order valence-corrected chi connectivity index (χ4v) is 9.37. The number of hydrogen-bond acceptors (Lipinski definition) is 4. The van der Waals surface area contributed by atoms with Crippen LogP contribution in [0.15, 0.2) is 120 Å². The van der Waals surface area contributed by atoms with Crippen LogP contribution in [-0.4, -0.2) is 9.97 Å². The lowest BCUT2D eigenvalue weighted by Gasteiger charge is -2.59. The number of benzene rings is 5. The number of pyridine rings is 2. The van der Waals surface area contributed by atoms with Crippen LogP contribution in [-0.2, 0) is 0 Å². The molecule has 0 radical (unpaired) electrons. The molecule has 0 unspecified atom stereocenters. The predicted molar refractivity (Wildman–Crippen MR) is 259 cm³/mol. The van der Waals surface area contributed by atoms with Gasteiger partial charge < -0.3 is 9.15 Å². The molecule has 1 aliphatic carbocycles. The Balaban J connectivity index is 1.24. The van der Waals surface area contributed by atoms with Gasteiger partial charge in [-0.25, -0.2) is 0 Å². The van der Waals surface area contributed by atoms with Crippen molar-refractivity contribution in [1.82, 2.24) is 9.97 Å². The third-order valence-corrected chi connectivity index (χ3v) is 14.2. The van der Waals surface area contributed by atoms with Crippen molar-refractivity contribution in [2.75, 3.05) is 0 Å². The number of aromatic nitrogens is 2. The predicted octanol–water partition coefficient (Wildman–Crippen LogP) is 16.6. The van der Waals surface area contributed by atoms with Gasteiger partial charge in [0.2, 0.25) is 0 Å². The topological polar surface area (TPSA) is 48.2 Å². The summed E-state index contributed by atoms with van der Waals surface area (Å²) in [5.41, 5.74) is 6.26. The summed E-state index contributed by atoms with van der Waals surface area (Å²) < 4.78 is 124. The number of rotatable bonds is 7. The molecule has 1 fully saturated rings. The van der Waals surface area contributed by atoms with Crippen molar-refractivity contribution in [2.45, 2.75) is 102 Å². The Bertz CT molecular complexity index is 3530. The Hall–Kier alpha value is -6.00. The van der Waals surface area contributed by atoms with E-state index in [1.54, 1.807) is 60.8 Å². The highest BCUT2D eigenvalue weighted by molar-refractivity contribution is 6.10. The number of ether oxygens (including phenoxy) is 1. The molecule has 9 rings (SSSR count). The summed E-state index contributed by atoms with van der Waals surface area (Å²) in [4.78, 5) is 9.36. The zero-order valence-electron chi connectivity index (χ0n) is 49.6. The highest BCUT2D eigenvalue weighted by Crippen LogP contribution is 2.63. The molecule has 0 saturated heterocycles. The zero-order valence-corrected chi connectivity index (χ0v) is 36.6. The summed E-state index contributed by atoms with van der Waals surface area (Å²) in [5, 5.41) is 1.09. The number of hydrogen-bond donors (Lipinski definition) is 0. The van der Waals surface area contributed by atoms with Gasteiger partial charge in [-0.05, 0) is 180 Å². The van der Waals surface area contributed by atoms with E-state index in [9.17, 15) is 1.37 Å². The monoisotopic (exact) mass is 830 g/mol. The van der Waals surface area contributed by atoms with Gasteiger partial charge in [0.05, 0.1) is 11.4 Å². The molecule has 0 spiro atoms. The van der Waals surface area contributed by atoms with Crippen LogP contribution >= 0.6 is 0 Å². The molecule has 3 heterocycles. The van der Waals surface area contributed by atoms with Crippen LogP contribution in [0.4, 0.5) is 0 Å². The number of aryl methyl sites for hydroxylation is 5. The molecule has 0 atom stereocenters. The van der Waals surface area contributed by atoms with Gasteiger partial charge in [-0.3, -0.25) is 9.97 Å². The lowest BCUT2D eigenvalue weighted by molar-refractivity contribution is -0.0744. The first-order valence-corrected chi connectivity index (χ1v) is 21.1. The van der Waals surface area contributed by atoms with Crippen molar-refractivity contribution in [3.8, 4) is 56.3 Å². The molecule has 0 aliphatic heterocycles. The number of furan rings is 1. The Morgan fingerprint density at radius 2 is 1.37 bits per heavy atom. The Labute approximate surface area is 386 Å². The first-order chi connectivity index (χ1) is 34.6. The molecule has 3 aromatic heterocycles. The summed E-state index contributed by atoms with van der Waals surface area (Å²) in [6, 6.07) is 29.3. The van der Waals surface area contributed by atoms with E-state index in [0.717, 1.165) is 34.0 Å². The van der Waals surface area contributed by atoms with E-state index in [1.165, 1.54) is 24.3 Å². The fourth-order valence-electron chi connectivity index (χ4n) is 9.37. The Morgan fingerprint density at radius 1 is 0.613 bits per heavy atom. The average Bonchev–Trinajstić information content (AvgIpc) is 3.67. The molecule has 5 aromatic carbocycles. The summed E-state index contributed by atoms with van der Waals surface area (Å²) in [6.45, 7) is 6.97. The summed E-state index contributed by atoms with van der Waals surface area (Å²) >= 11 is 0. The second-order valence-electron chi connectivity index (χ2n) is 18.9. The summed E-state index contributed by atoms with van der Waals surface area (Å²) in [7, 11) is 0. The molecule has 1 aliphatic rings. The van der Waals surface area contributed by atoms with Gasteiger partial charge in [0.1, 0.15) is 22.7 Å². The average molecular weight is 830 g/mol. The van der Waals surface area contributed by atoms with Gasteiger partial charge in [-0.1, -0.05) is 102 Å². The maximum absolute atomic E-state index is 9.96. The largest absolute Gasteiger partial charge is 0.457 e. The van der Waals surface area contributed by atoms with Crippen LogP contribution in [0.1, 0.15) is 117 Å². The van der Waals surface area contributed by atoms with Gasteiger partial charge in [0.15, 0.2) is 0 Å². The minimum Gasteiger partial charge on any atom is -0.457 e. The van der Waals surface area contributed by atoms with Gasteiger partial charge in [0.25, 0.3) is 0 Å². The van der Waals surface area contributed by atoms with Gasteiger partial charge in [-0.15, -0.1) is 0 Å². The van der Waals surface area contributed by atoms with Crippen molar-refractivity contribution in [2.24, 2.45) is 16.2 Å². The van der Waals surface area contributed by atoms with Crippen LogP contribution < -0.4 is 4.74 Å². The fraction of sp³-hybridized carbons (Fsp3) is 0.310. The standard InChI is InChI=1S/C58H60N2O2/c1-34-18-20-46-49-27-44(61-53-26-42(51-24-35(2)37(4)32-59-51)25-48(39(53)6)40-16-14-13-15-17-40)28-50(55(49)62-54(46)22-34)52-29-47(38(5)33-60-52)45-21-19-41(23-36(45)3)43-30-56(7,8)58(11,12)57(9,10)31-43/h13-29,32-33,43H,30-31H2,1-12H3/i1D3,2D3,4D3,6D3,43D. The zero-order chi connectivity index (χ0) is 54.8. The second kappa shape index (κ2) is 15.1. The lowest BCUT2D eigenvalue weighted by atomic mass is 9.46. The van der Waals surface area contributed by atoms with E-state index < -0.39 is 44.4 Å². The van der Waals surface area contributed by atoms with E-state index in [2.05, 4.69) is 71.6 Å². The number of nitrogens with zero attached hydrogens (tertiary/aromatic N) is 2. The molecular formula is C58H60N2O2.